The second-order valence-electron chi connectivity index (χ2n) is 7.93. The highest BCUT2D eigenvalue weighted by atomic mass is 16.5. The van der Waals surface area contributed by atoms with Gasteiger partial charge >= 0.3 is 0 Å². The quantitative estimate of drug-likeness (QED) is 0.445. The Balaban J connectivity index is 1.45. The van der Waals surface area contributed by atoms with Gasteiger partial charge in [-0.25, -0.2) is 9.97 Å². The number of fused-ring (bicyclic) bond motifs is 1. The average Bonchev–Trinajstić information content (AvgIpc) is 3.46. The fourth-order valence-electron chi connectivity index (χ4n) is 4.15. The monoisotopic (exact) mass is 439 g/mol. The summed E-state index contributed by atoms with van der Waals surface area (Å²) in [4.78, 5) is 24.5. The van der Waals surface area contributed by atoms with Crippen molar-refractivity contribution in [2.24, 2.45) is 5.92 Å². The summed E-state index contributed by atoms with van der Waals surface area (Å²) in [6, 6.07) is 7.17. The zero-order chi connectivity index (χ0) is 22.5. The third kappa shape index (κ3) is 4.87. The molecule has 0 aliphatic heterocycles. The molecule has 9 nitrogen and oxygen atoms in total. The highest BCUT2D eigenvalue weighted by Crippen LogP contribution is 2.40. The maximum Gasteiger partial charge on any atom is 0.225 e. The van der Waals surface area contributed by atoms with E-state index in [1.807, 2.05) is 6.07 Å². The summed E-state index contributed by atoms with van der Waals surface area (Å²) in [6.07, 6.45) is 6.54. The van der Waals surface area contributed by atoms with Crippen molar-refractivity contribution >= 4 is 34.5 Å². The number of amides is 1. The van der Waals surface area contributed by atoms with Crippen molar-refractivity contribution in [1.29, 1.82) is 0 Å². The van der Waals surface area contributed by atoms with Crippen molar-refractivity contribution in [1.82, 2.24) is 15.0 Å². The molecule has 1 amide bonds. The van der Waals surface area contributed by atoms with Gasteiger partial charge in [0.15, 0.2) is 17.1 Å². The number of ether oxygens (including phenoxy) is 3. The topological polar surface area (TPSA) is 110 Å². The van der Waals surface area contributed by atoms with Crippen molar-refractivity contribution in [2.45, 2.75) is 38.5 Å². The molecule has 4 rings (SSSR count). The van der Waals surface area contributed by atoms with E-state index >= 15 is 0 Å². The Kier molecular flexibility index (Phi) is 6.63. The van der Waals surface area contributed by atoms with Crippen LogP contribution in [0.15, 0.2) is 24.3 Å². The Morgan fingerprint density at radius 2 is 1.78 bits per heavy atom. The van der Waals surface area contributed by atoms with Gasteiger partial charge in [-0.05, 0) is 24.5 Å². The number of H-pyrrole nitrogens is 1. The summed E-state index contributed by atoms with van der Waals surface area (Å²) in [7, 11) is 4.69. The smallest absolute Gasteiger partial charge is 0.225 e. The molecule has 9 heteroatoms. The number of methoxy groups -OCH3 is 3. The highest BCUT2D eigenvalue weighted by Gasteiger charge is 2.17. The van der Waals surface area contributed by atoms with Crippen LogP contribution >= 0.6 is 0 Å². The number of imidazole rings is 1. The molecule has 0 atom stereocenters. The van der Waals surface area contributed by atoms with Gasteiger partial charge in [-0.1, -0.05) is 25.7 Å². The van der Waals surface area contributed by atoms with Crippen molar-refractivity contribution < 1.29 is 19.0 Å². The van der Waals surface area contributed by atoms with E-state index in [1.165, 1.54) is 25.7 Å². The summed E-state index contributed by atoms with van der Waals surface area (Å²) >= 11 is 0. The Labute approximate surface area is 186 Å². The highest BCUT2D eigenvalue weighted by molar-refractivity contribution is 5.91. The van der Waals surface area contributed by atoms with Gasteiger partial charge in [0.05, 0.1) is 21.3 Å². The van der Waals surface area contributed by atoms with Gasteiger partial charge in [0.25, 0.3) is 0 Å². The molecule has 0 radical (unpaired) electrons. The predicted octanol–water partition coefficient (Wildman–Crippen LogP) is 4.64. The van der Waals surface area contributed by atoms with Crippen molar-refractivity contribution in [3.05, 3.63) is 24.3 Å². The molecule has 0 saturated heterocycles. The molecule has 3 N–H and O–H groups in total. The summed E-state index contributed by atoms with van der Waals surface area (Å²) < 4.78 is 16.1. The molecule has 1 aliphatic carbocycles. The number of anilines is 3. The van der Waals surface area contributed by atoms with Crippen LogP contribution in [0.1, 0.15) is 38.5 Å². The molecule has 0 spiro atoms. The van der Waals surface area contributed by atoms with E-state index < -0.39 is 0 Å². The van der Waals surface area contributed by atoms with E-state index in [0.717, 1.165) is 6.42 Å². The maximum atomic E-state index is 12.3. The number of aromatic nitrogens is 3. The number of hydrogen-bond acceptors (Lipinski definition) is 7. The first-order chi connectivity index (χ1) is 15.6. The first-order valence-corrected chi connectivity index (χ1v) is 10.8. The summed E-state index contributed by atoms with van der Waals surface area (Å²) in [5.41, 5.74) is 1.97. The van der Waals surface area contributed by atoms with E-state index in [2.05, 4.69) is 25.6 Å². The van der Waals surface area contributed by atoms with Crippen LogP contribution in [0.5, 0.6) is 17.2 Å². The van der Waals surface area contributed by atoms with Crippen LogP contribution in [-0.2, 0) is 4.79 Å². The number of hydrogen-bond donors (Lipinski definition) is 3. The Morgan fingerprint density at radius 3 is 2.44 bits per heavy atom. The van der Waals surface area contributed by atoms with Crippen LogP contribution in [0, 0.1) is 5.92 Å². The maximum absolute atomic E-state index is 12.3. The normalized spacial score (nSPS) is 13.8. The predicted molar refractivity (Wildman–Crippen MR) is 123 cm³/mol. The van der Waals surface area contributed by atoms with Gasteiger partial charge in [-0.15, -0.1) is 0 Å². The third-order valence-electron chi connectivity index (χ3n) is 5.79. The Morgan fingerprint density at radius 1 is 1.06 bits per heavy atom. The lowest BCUT2D eigenvalue weighted by molar-refractivity contribution is -0.116. The van der Waals surface area contributed by atoms with Crippen LogP contribution in [0.3, 0.4) is 0 Å². The molecule has 2 aromatic heterocycles. The minimum Gasteiger partial charge on any atom is -0.493 e. The Bertz CT molecular complexity index is 1070. The molecule has 0 unspecified atom stereocenters. The number of nitrogens with one attached hydrogen (secondary N) is 3. The molecular formula is C23H29N5O4. The number of rotatable bonds is 9. The number of nitrogens with zero attached hydrogens (tertiary/aromatic N) is 2. The number of carbonyl (C=O) groups is 1. The molecule has 1 fully saturated rings. The fourth-order valence-corrected chi connectivity index (χ4v) is 4.15. The number of aromatic amines is 1. The first kappa shape index (κ1) is 21.7. The van der Waals surface area contributed by atoms with E-state index in [0.29, 0.717) is 58.2 Å². The van der Waals surface area contributed by atoms with Crippen molar-refractivity contribution in [3.8, 4) is 17.2 Å². The van der Waals surface area contributed by atoms with Crippen LogP contribution in [0.25, 0.3) is 11.2 Å². The molecule has 32 heavy (non-hydrogen) atoms. The minimum absolute atomic E-state index is 0.000892. The van der Waals surface area contributed by atoms with E-state index in [4.69, 9.17) is 14.2 Å². The third-order valence-corrected chi connectivity index (χ3v) is 5.79. The Hall–Kier alpha value is -3.49. The molecule has 3 aromatic rings. The average molecular weight is 440 g/mol. The van der Waals surface area contributed by atoms with Crippen LogP contribution in [-0.4, -0.2) is 42.2 Å². The van der Waals surface area contributed by atoms with E-state index in [9.17, 15) is 4.79 Å². The lowest BCUT2D eigenvalue weighted by atomic mass is 10.0. The van der Waals surface area contributed by atoms with Gasteiger partial charge < -0.3 is 29.8 Å². The van der Waals surface area contributed by atoms with Crippen molar-refractivity contribution in [3.63, 3.8) is 0 Å². The minimum atomic E-state index is -0.000892. The molecule has 0 bridgehead atoms. The second kappa shape index (κ2) is 9.76. The molecular weight excluding hydrogens is 410 g/mol. The fraction of sp³-hybridized carbons (Fsp3) is 0.435. The summed E-state index contributed by atoms with van der Waals surface area (Å²) in [5.74, 6) is 3.28. The van der Waals surface area contributed by atoms with Gasteiger partial charge in [0.1, 0.15) is 11.3 Å². The number of benzene rings is 1. The number of pyridine rings is 1. The number of carbonyl (C=O) groups excluding carboxylic acids is 1. The molecule has 170 valence electrons. The molecule has 1 aromatic carbocycles. The standard InChI is InChI=1S/C23H29N5O4/c1-30-17-12-15(13-18(31-2)21(17)32-3)24-23-25-16-9-10-19(27-22(16)28-23)26-20(29)11-8-14-6-4-5-7-14/h9-10,12-14H,4-8,11H2,1-3H3,(H3,24,25,26,27,28,29). The van der Waals surface area contributed by atoms with Gasteiger partial charge in [-0.2, -0.15) is 0 Å². The second-order valence-corrected chi connectivity index (χ2v) is 7.93. The largest absolute Gasteiger partial charge is 0.493 e. The van der Waals surface area contributed by atoms with Crippen LogP contribution in [0.4, 0.5) is 17.5 Å². The summed E-state index contributed by atoms with van der Waals surface area (Å²) in [6.45, 7) is 0. The zero-order valence-corrected chi connectivity index (χ0v) is 18.7. The van der Waals surface area contributed by atoms with Crippen molar-refractivity contribution in [2.75, 3.05) is 32.0 Å². The first-order valence-electron chi connectivity index (χ1n) is 10.8. The van der Waals surface area contributed by atoms with Gasteiger partial charge in [0, 0.05) is 24.2 Å². The van der Waals surface area contributed by atoms with Crippen LogP contribution < -0.4 is 24.8 Å². The van der Waals surface area contributed by atoms with E-state index in [1.54, 1.807) is 39.5 Å². The lowest BCUT2D eigenvalue weighted by Gasteiger charge is -2.14. The molecule has 1 saturated carbocycles. The molecule has 1 aliphatic rings. The van der Waals surface area contributed by atoms with E-state index in [-0.39, 0.29) is 5.91 Å². The SMILES string of the molecule is COc1cc(Nc2nc3ccc(NC(=O)CCC4CCCC4)nc3[nH]2)cc(OC)c1OC. The zero-order valence-electron chi connectivity index (χ0n) is 18.7. The summed E-state index contributed by atoms with van der Waals surface area (Å²) in [5, 5.41) is 6.09. The van der Waals surface area contributed by atoms with Gasteiger partial charge in [-0.3, -0.25) is 4.79 Å². The van der Waals surface area contributed by atoms with Gasteiger partial charge in [0.2, 0.25) is 17.6 Å². The lowest BCUT2D eigenvalue weighted by Crippen LogP contribution is -2.13. The molecule has 2 heterocycles. The van der Waals surface area contributed by atoms with Crippen LogP contribution in [0.2, 0.25) is 0 Å².